The Morgan fingerprint density at radius 2 is 0.818 bits per heavy atom. The lowest BCUT2D eigenvalue weighted by Gasteiger charge is -2.54. The van der Waals surface area contributed by atoms with Gasteiger partial charge < -0.3 is 9.80 Å². The molecule has 6 aliphatic heterocycles. The summed E-state index contributed by atoms with van der Waals surface area (Å²) in [4.78, 5) is 58.0. The number of piperidine rings is 4. The van der Waals surface area contributed by atoms with Crippen molar-refractivity contribution in [1.82, 2.24) is 57.9 Å². The first-order valence-electron chi connectivity index (χ1n) is 32.6. The SMILES string of the molecule is Cc1ncnc(C)c1C(=O)N1CCC(C)(N2CCN([C@@H](c3cccc(F)c3)C3CCN(S(=O)(=O)C4CC4)CC3)[C@@H](C)C2)CC1.Cc1ncnc(C)c1C(=O)N1CCC(C)(N2CCN([C@@H](c3cccc(F)c3)C3CCN(S(=O)(=O)C4CC4)CC3)[C@@H](C)C2)CC1. The maximum Gasteiger partial charge on any atom is 0.257 e. The van der Waals surface area contributed by atoms with E-state index in [9.17, 15) is 35.2 Å². The molecule has 0 bridgehead atoms. The lowest BCUT2D eigenvalue weighted by atomic mass is 9.82. The van der Waals surface area contributed by atoms with E-state index in [1.165, 1.54) is 24.8 Å². The van der Waals surface area contributed by atoms with E-state index in [0.29, 0.717) is 63.5 Å². The zero-order valence-electron chi connectivity index (χ0n) is 53.2. The van der Waals surface area contributed by atoms with Crippen molar-refractivity contribution < 1.29 is 35.2 Å². The van der Waals surface area contributed by atoms with Crippen LogP contribution in [0, 0.1) is 51.2 Å². The van der Waals surface area contributed by atoms with Crippen molar-refractivity contribution in [2.45, 2.75) is 178 Å². The van der Waals surface area contributed by atoms with Crippen LogP contribution in [0.3, 0.4) is 0 Å². The number of carbonyl (C=O) groups is 2. The number of halogens is 2. The van der Waals surface area contributed by atoms with Crippen molar-refractivity contribution >= 4 is 31.9 Å². The number of likely N-dealkylation sites (tertiary alicyclic amines) is 2. The zero-order chi connectivity index (χ0) is 62.5. The van der Waals surface area contributed by atoms with Gasteiger partial charge in [-0.15, -0.1) is 0 Å². The number of sulfonamides is 2. The van der Waals surface area contributed by atoms with Crippen LogP contribution in [0.25, 0.3) is 0 Å². The van der Waals surface area contributed by atoms with Crippen molar-refractivity contribution in [2.24, 2.45) is 11.8 Å². The van der Waals surface area contributed by atoms with Crippen LogP contribution in [0.15, 0.2) is 61.2 Å². The minimum Gasteiger partial charge on any atom is -0.338 e. The van der Waals surface area contributed by atoms with Gasteiger partial charge in [0.1, 0.15) is 24.3 Å². The monoisotopic (exact) mass is 1250 g/mol. The molecule has 2 amide bonds. The molecule has 8 heterocycles. The number of aromatic nitrogens is 4. The van der Waals surface area contributed by atoms with Gasteiger partial charge in [0.15, 0.2) is 0 Å². The van der Waals surface area contributed by atoms with Gasteiger partial charge in [0.05, 0.1) is 44.4 Å². The number of aryl methyl sites for hydroxylation is 4. The number of benzene rings is 2. The van der Waals surface area contributed by atoms with Crippen molar-refractivity contribution in [2.75, 3.05) is 91.6 Å². The Morgan fingerprint density at radius 3 is 1.11 bits per heavy atom. The number of carbonyl (C=O) groups excluding carboxylic acids is 2. The first kappa shape index (κ1) is 64.6. The van der Waals surface area contributed by atoms with Gasteiger partial charge in [0, 0.05) is 127 Å². The van der Waals surface area contributed by atoms with Crippen molar-refractivity contribution in [1.29, 1.82) is 0 Å². The van der Waals surface area contributed by atoms with Crippen LogP contribution in [-0.4, -0.2) is 212 Å². The molecule has 2 saturated carbocycles. The van der Waals surface area contributed by atoms with Gasteiger partial charge in [-0.05, 0) is 180 Å². The predicted octanol–water partition coefficient (Wildman–Crippen LogP) is 8.36. The smallest absolute Gasteiger partial charge is 0.257 e. The van der Waals surface area contributed by atoms with Crippen LogP contribution in [0.1, 0.15) is 171 Å². The summed E-state index contributed by atoms with van der Waals surface area (Å²) in [6.07, 6.45) is 12.9. The first-order chi connectivity index (χ1) is 42.0. The highest BCUT2D eigenvalue weighted by molar-refractivity contribution is 7.90. The molecule has 0 unspecified atom stereocenters. The van der Waals surface area contributed by atoms with E-state index < -0.39 is 20.0 Å². The summed E-state index contributed by atoms with van der Waals surface area (Å²) in [6.45, 7) is 27.0. The highest BCUT2D eigenvalue weighted by Crippen LogP contribution is 2.44. The summed E-state index contributed by atoms with van der Waals surface area (Å²) in [7, 11) is -6.36. The summed E-state index contributed by atoms with van der Waals surface area (Å²) < 4.78 is 84.1. The average Bonchev–Trinajstić information content (AvgIpc) is 1.81. The molecule has 8 fully saturated rings. The van der Waals surface area contributed by atoms with Gasteiger partial charge in [-0.2, -0.15) is 0 Å². The minimum atomic E-state index is -3.18. The highest BCUT2D eigenvalue weighted by atomic mass is 32.2. The molecule has 480 valence electrons. The van der Waals surface area contributed by atoms with Crippen LogP contribution in [-0.2, 0) is 20.0 Å². The van der Waals surface area contributed by atoms with Crippen LogP contribution in [0.5, 0.6) is 0 Å². The third-order valence-corrected chi connectivity index (χ3v) is 26.4. The molecular weight excluding hydrogens is 1160 g/mol. The molecule has 0 N–H and O–H groups in total. The fourth-order valence-corrected chi connectivity index (χ4v) is 19.5. The topological polar surface area (TPSA) is 180 Å². The maximum atomic E-state index is 14.5. The Labute approximate surface area is 521 Å². The normalized spacial score (nSPS) is 25.2. The van der Waals surface area contributed by atoms with E-state index in [2.05, 4.69) is 67.2 Å². The predicted molar refractivity (Wildman–Crippen MR) is 336 cm³/mol. The standard InChI is InChI=1S/2C33H47FN6O3S/c2*1-23-21-38(33(4)12-16-37(17-13-33)32(41)30-24(2)35-22-36-25(30)3)18-19-40(23)31(27-6-5-7-28(34)20-27)26-10-14-39(15-11-26)44(42,43)29-8-9-29/h2*5-7,20,22-23,26,29,31H,8-19,21H2,1-4H3/t2*23-,31+/m00/s1. The highest BCUT2D eigenvalue weighted by Gasteiger charge is 2.48. The van der Waals surface area contributed by atoms with E-state index in [-0.39, 0.29) is 81.0 Å². The summed E-state index contributed by atoms with van der Waals surface area (Å²) in [5.74, 6) is 0.109. The lowest BCUT2D eigenvalue weighted by Crippen LogP contribution is -2.63. The lowest BCUT2D eigenvalue weighted by molar-refractivity contribution is -0.0422. The quantitative estimate of drug-likeness (QED) is 0.118. The minimum absolute atomic E-state index is 0.00866. The summed E-state index contributed by atoms with van der Waals surface area (Å²) in [6, 6.07) is 14.6. The molecule has 2 aromatic heterocycles. The van der Waals surface area contributed by atoms with Gasteiger partial charge in [-0.1, -0.05) is 24.3 Å². The van der Waals surface area contributed by atoms with Crippen molar-refractivity contribution in [3.63, 3.8) is 0 Å². The van der Waals surface area contributed by atoms with E-state index in [1.807, 2.05) is 49.6 Å². The van der Waals surface area contributed by atoms with Crippen LogP contribution < -0.4 is 0 Å². The van der Waals surface area contributed by atoms with E-state index in [1.54, 1.807) is 32.9 Å². The second-order valence-electron chi connectivity index (χ2n) is 27.4. The largest absolute Gasteiger partial charge is 0.338 e. The molecule has 2 aliphatic carbocycles. The average molecular weight is 1250 g/mol. The van der Waals surface area contributed by atoms with Gasteiger partial charge in [0.2, 0.25) is 20.0 Å². The molecular formula is C66H94F2N12O6S2. The molecule has 4 atom stereocenters. The third kappa shape index (κ3) is 13.7. The maximum absolute atomic E-state index is 14.5. The number of amides is 2. The fourth-order valence-electron chi connectivity index (χ4n) is 15.8. The number of hydrogen-bond donors (Lipinski definition) is 0. The van der Waals surface area contributed by atoms with Gasteiger partial charge in [-0.25, -0.2) is 54.2 Å². The molecule has 2 aromatic carbocycles. The number of rotatable bonds is 14. The van der Waals surface area contributed by atoms with Gasteiger partial charge in [0.25, 0.3) is 11.8 Å². The van der Waals surface area contributed by atoms with Crippen molar-refractivity contribution in [3.8, 4) is 0 Å². The molecule has 0 radical (unpaired) electrons. The van der Waals surface area contributed by atoms with E-state index >= 15 is 0 Å². The van der Waals surface area contributed by atoms with Crippen LogP contribution >= 0.6 is 0 Å². The molecule has 4 aromatic rings. The van der Waals surface area contributed by atoms with E-state index in [4.69, 9.17) is 0 Å². The third-order valence-electron chi connectivity index (χ3n) is 21.6. The first-order valence-corrected chi connectivity index (χ1v) is 35.6. The second-order valence-corrected chi connectivity index (χ2v) is 31.9. The van der Waals surface area contributed by atoms with Crippen LogP contribution in [0.4, 0.5) is 8.78 Å². The Bertz CT molecular complexity index is 3120. The van der Waals surface area contributed by atoms with Gasteiger partial charge in [-0.3, -0.25) is 29.2 Å². The zero-order valence-corrected chi connectivity index (χ0v) is 54.8. The molecule has 0 spiro atoms. The molecule has 18 nitrogen and oxygen atoms in total. The number of nitrogens with zero attached hydrogens (tertiary/aromatic N) is 12. The van der Waals surface area contributed by atoms with Crippen LogP contribution in [0.2, 0.25) is 0 Å². The van der Waals surface area contributed by atoms with E-state index in [0.717, 1.165) is 150 Å². The summed E-state index contributed by atoms with van der Waals surface area (Å²) in [5.41, 5.74) is 6.11. The Balaban J connectivity index is 0.000000182. The molecule has 88 heavy (non-hydrogen) atoms. The molecule has 22 heteroatoms. The summed E-state index contributed by atoms with van der Waals surface area (Å²) in [5, 5.41) is -0.365. The van der Waals surface area contributed by atoms with Crippen molar-refractivity contribution in [3.05, 3.63) is 118 Å². The fraction of sp³-hybridized carbons (Fsp3) is 0.667. The Kier molecular flexibility index (Phi) is 19.3. The number of hydrogen-bond acceptors (Lipinski definition) is 14. The molecule has 12 rings (SSSR count). The molecule has 6 saturated heterocycles. The second kappa shape index (κ2) is 26.3. The Hall–Kier alpha value is -4.94. The Morgan fingerprint density at radius 1 is 0.489 bits per heavy atom. The molecule has 8 aliphatic rings. The summed E-state index contributed by atoms with van der Waals surface area (Å²) >= 11 is 0. The number of piperazine rings is 2. The van der Waals surface area contributed by atoms with Gasteiger partial charge >= 0.3 is 0 Å².